The SMILES string of the molecule is C=N/C(C)=C\C=C(/CC)N(C)C=O. The maximum Gasteiger partial charge on any atom is 0.213 e. The fourth-order valence-corrected chi connectivity index (χ4v) is 0.822. The lowest BCUT2D eigenvalue weighted by atomic mass is 10.3. The van der Waals surface area contributed by atoms with Crippen molar-refractivity contribution in [1.29, 1.82) is 0 Å². The molecule has 0 rings (SSSR count). The number of nitrogens with zero attached hydrogens (tertiary/aromatic N) is 2. The van der Waals surface area contributed by atoms with Crippen molar-refractivity contribution in [2.24, 2.45) is 4.99 Å². The molecule has 3 nitrogen and oxygen atoms in total. The Morgan fingerprint density at radius 2 is 2.15 bits per heavy atom. The number of amides is 1. The summed E-state index contributed by atoms with van der Waals surface area (Å²) in [6.07, 6.45) is 5.32. The molecule has 0 spiro atoms. The largest absolute Gasteiger partial charge is 0.322 e. The zero-order chi connectivity index (χ0) is 10.3. The van der Waals surface area contributed by atoms with Gasteiger partial charge in [-0.25, -0.2) is 0 Å². The second kappa shape index (κ2) is 6.17. The van der Waals surface area contributed by atoms with E-state index in [0.29, 0.717) is 0 Å². The summed E-state index contributed by atoms with van der Waals surface area (Å²) in [5.74, 6) is 0. The van der Waals surface area contributed by atoms with Gasteiger partial charge in [-0.2, -0.15) is 0 Å². The Kier molecular flexibility index (Phi) is 5.52. The first-order valence-corrected chi connectivity index (χ1v) is 4.18. The molecule has 72 valence electrons. The van der Waals surface area contributed by atoms with Gasteiger partial charge in [0.1, 0.15) is 0 Å². The normalized spacial score (nSPS) is 12.5. The number of carbonyl (C=O) groups excluding carboxylic acids is 1. The molecule has 13 heavy (non-hydrogen) atoms. The van der Waals surface area contributed by atoms with Gasteiger partial charge in [0.25, 0.3) is 0 Å². The van der Waals surface area contributed by atoms with Crippen LogP contribution >= 0.6 is 0 Å². The van der Waals surface area contributed by atoms with Crippen molar-refractivity contribution in [3.05, 3.63) is 23.5 Å². The maximum absolute atomic E-state index is 10.4. The summed E-state index contributed by atoms with van der Waals surface area (Å²) in [6, 6.07) is 0. The van der Waals surface area contributed by atoms with Crippen LogP contribution in [0.4, 0.5) is 0 Å². The van der Waals surface area contributed by atoms with Crippen molar-refractivity contribution in [3.63, 3.8) is 0 Å². The molecule has 0 aliphatic rings. The third-order valence-electron chi connectivity index (χ3n) is 1.74. The molecular weight excluding hydrogens is 164 g/mol. The van der Waals surface area contributed by atoms with Crippen LogP contribution in [0.3, 0.4) is 0 Å². The molecule has 0 aliphatic carbocycles. The third kappa shape index (κ3) is 4.25. The van der Waals surface area contributed by atoms with Gasteiger partial charge in [-0.05, 0) is 32.2 Å². The van der Waals surface area contributed by atoms with Crippen LogP contribution in [0.1, 0.15) is 20.3 Å². The molecule has 3 heteroatoms. The predicted molar refractivity (Wildman–Crippen MR) is 55.5 cm³/mol. The third-order valence-corrected chi connectivity index (χ3v) is 1.74. The highest BCUT2D eigenvalue weighted by Crippen LogP contribution is 2.05. The number of hydrogen-bond acceptors (Lipinski definition) is 2. The summed E-state index contributed by atoms with van der Waals surface area (Å²) in [5, 5.41) is 0. The molecule has 1 amide bonds. The summed E-state index contributed by atoms with van der Waals surface area (Å²) in [4.78, 5) is 15.7. The summed E-state index contributed by atoms with van der Waals surface area (Å²) in [5.41, 5.74) is 1.79. The van der Waals surface area contributed by atoms with Gasteiger partial charge >= 0.3 is 0 Å². The first kappa shape index (κ1) is 11.6. The molecule has 0 aliphatic heterocycles. The highest BCUT2D eigenvalue weighted by atomic mass is 16.1. The summed E-state index contributed by atoms with van der Waals surface area (Å²) in [6.45, 7) is 7.25. The highest BCUT2D eigenvalue weighted by Gasteiger charge is 1.97. The van der Waals surface area contributed by atoms with Crippen LogP contribution < -0.4 is 0 Å². The van der Waals surface area contributed by atoms with Crippen molar-refractivity contribution in [2.75, 3.05) is 7.05 Å². The van der Waals surface area contributed by atoms with Crippen LogP contribution in [-0.4, -0.2) is 25.1 Å². The molecule has 0 heterocycles. The van der Waals surface area contributed by atoms with Gasteiger partial charge in [-0.15, -0.1) is 0 Å². The van der Waals surface area contributed by atoms with E-state index in [-0.39, 0.29) is 0 Å². The van der Waals surface area contributed by atoms with Gasteiger partial charge in [0.05, 0.1) is 0 Å². The van der Waals surface area contributed by atoms with Crippen LogP contribution in [0.25, 0.3) is 0 Å². The van der Waals surface area contributed by atoms with Crippen LogP contribution in [0, 0.1) is 0 Å². The number of carbonyl (C=O) groups is 1. The molecular formula is C10H16N2O. The molecule has 0 fully saturated rings. The van der Waals surface area contributed by atoms with Gasteiger partial charge in [-0.1, -0.05) is 6.92 Å². The Hall–Kier alpha value is -1.38. The number of hydrogen-bond donors (Lipinski definition) is 0. The molecule has 0 aromatic carbocycles. The minimum absolute atomic E-state index is 0.792. The van der Waals surface area contributed by atoms with Crippen molar-refractivity contribution >= 4 is 13.1 Å². The topological polar surface area (TPSA) is 32.7 Å². The quantitative estimate of drug-likeness (QED) is 0.361. The Balaban J connectivity index is 4.56. The maximum atomic E-state index is 10.4. The Labute approximate surface area is 79.5 Å². The molecule has 0 saturated heterocycles. The lowest BCUT2D eigenvalue weighted by Gasteiger charge is -2.12. The van der Waals surface area contributed by atoms with Crippen LogP contribution in [0.5, 0.6) is 0 Å². The minimum Gasteiger partial charge on any atom is -0.322 e. The zero-order valence-corrected chi connectivity index (χ0v) is 8.45. The number of allylic oxidation sites excluding steroid dienone is 4. The molecule has 0 unspecified atom stereocenters. The fraction of sp³-hybridized carbons (Fsp3) is 0.400. The van der Waals surface area contributed by atoms with Crippen LogP contribution in [-0.2, 0) is 4.79 Å². The molecule has 0 N–H and O–H groups in total. The van der Waals surface area contributed by atoms with E-state index in [1.807, 2.05) is 26.0 Å². The molecule has 0 saturated carbocycles. The molecule has 0 radical (unpaired) electrons. The fourth-order valence-electron chi connectivity index (χ4n) is 0.822. The van der Waals surface area contributed by atoms with Crippen LogP contribution in [0.15, 0.2) is 28.5 Å². The second-order valence-corrected chi connectivity index (χ2v) is 2.69. The predicted octanol–water partition coefficient (Wildman–Crippen LogP) is 1.97. The minimum atomic E-state index is 0.792. The summed E-state index contributed by atoms with van der Waals surface area (Å²) >= 11 is 0. The smallest absolute Gasteiger partial charge is 0.213 e. The van der Waals surface area contributed by atoms with E-state index in [0.717, 1.165) is 24.2 Å². The van der Waals surface area contributed by atoms with Crippen molar-refractivity contribution in [3.8, 4) is 0 Å². The van der Waals surface area contributed by atoms with E-state index >= 15 is 0 Å². The lowest BCUT2D eigenvalue weighted by molar-refractivity contribution is -0.115. The average molecular weight is 180 g/mol. The first-order chi connectivity index (χ1) is 6.15. The van der Waals surface area contributed by atoms with Crippen LogP contribution in [0.2, 0.25) is 0 Å². The van der Waals surface area contributed by atoms with E-state index in [9.17, 15) is 4.79 Å². The standard InChI is InChI=1S/C10H16N2O/c1-5-10(12(4)8-13)7-6-9(2)11-3/h6-8H,3,5H2,1-2,4H3/b9-6-,10-7+. The van der Waals surface area contributed by atoms with Crippen molar-refractivity contribution < 1.29 is 4.79 Å². The first-order valence-electron chi connectivity index (χ1n) is 4.18. The summed E-state index contributed by atoms with van der Waals surface area (Å²) < 4.78 is 0. The second-order valence-electron chi connectivity index (χ2n) is 2.69. The average Bonchev–Trinajstić information content (AvgIpc) is 2.17. The van der Waals surface area contributed by atoms with Gasteiger partial charge in [0.15, 0.2) is 0 Å². The van der Waals surface area contributed by atoms with Crippen molar-refractivity contribution in [1.82, 2.24) is 4.90 Å². The number of rotatable bonds is 5. The Morgan fingerprint density at radius 1 is 1.54 bits per heavy atom. The Morgan fingerprint density at radius 3 is 2.54 bits per heavy atom. The van der Waals surface area contributed by atoms with E-state index in [2.05, 4.69) is 11.7 Å². The molecule has 0 atom stereocenters. The number of aliphatic imine (C=N–C) groups is 1. The van der Waals surface area contributed by atoms with E-state index in [1.54, 1.807) is 11.9 Å². The van der Waals surface area contributed by atoms with E-state index in [1.165, 1.54) is 0 Å². The molecule has 0 bridgehead atoms. The monoisotopic (exact) mass is 180 g/mol. The van der Waals surface area contributed by atoms with E-state index < -0.39 is 0 Å². The lowest BCUT2D eigenvalue weighted by Crippen LogP contribution is -2.14. The molecule has 0 aromatic heterocycles. The summed E-state index contributed by atoms with van der Waals surface area (Å²) in [7, 11) is 1.73. The zero-order valence-electron chi connectivity index (χ0n) is 8.45. The van der Waals surface area contributed by atoms with E-state index in [4.69, 9.17) is 0 Å². The van der Waals surface area contributed by atoms with Gasteiger partial charge < -0.3 is 4.90 Å². The van der Waals surface area contributed by atoms with Gasteiger partial charge in [-0.3, -0.25) is 9.79 Å². The van der Waals surface area contributed by atoms with Gasteiger partial charge in [0.2, 0.25) is 6.41 Å². The van der Waals surface area contributed by atoms with Gasteiger partial charge in [0, 0.05) is 18.4 Å². The molecule has 0 aromatic rings. The Bertz CT molecular complexity index is 241. The highest BCUT2D eigenvalue weighted by molar-refractivity contribution is 5.50. The van der Waals surface area contributed by atoms with Crippen molar-refractivity contribution in [2.45, 2.75) is 20.3 Å².